The molecule has 2 aromatic heterocycles. The van der Waals surface area contributed by atoms with Crippen LogP contribution < -0.4 is 0 Å². The van der Waals surface area contributed by atoms with E-state index in [-0.39, 0.29) is 5.91 Å². The molecule has 2 atom stereocenters. The fraction of sp³-hybridized carbons (Fsp3) is 0.562. The fourth-order valence-electron chi connectivity index (χ4n) is 3.20. The summed E-state index contributed by atoms with van der Waals surface area (Å²) < 4.78 is 1.73. The molecule has 6 nitrogen and oxygen atoms in total. The zero-order valence-corrected chi connectivity index (χ0v) is 14.7. The Balaban J connectivity index is 1.68. The molecule has 1 amide bonds. The molecule has 0 radical (unpaired) electrons. The normalized spacial score (nSPS) is 21.3. The summed E-state index contributed by atoms with van der Waals surface area (Å²) in [5.41, 5.74) is 0.441. The molecular weight excluding hydrogens is 310 g/mol. The van der Waals surface area contributed by atoms with Crippen molar-refractivity contribution in [3.05, 3.63) is 34.3 Å². The summed E-state index contributed by atoms with van der Waals surface area (Å²) in [4.78, 5) is 18.0. The van der Waals surface area contributed by atoms with Crippen molar-refractivity contribution in [1.29, 1.82) is 0 Å². The van der Waals surface area contributed by atoms with Crippen molar-refractivity contribution in [3.63, 3.8) is 0 Å². The maximum absolute atomic E-state index is 12.7. The molecule has 3 heterocycles. The maximum Gasteiger partial charge on any atom is 0.276 e. The lowest BCUT2D eigenvalue weighted by atomic mass is 10.0. The van der Waals surface area contributed by atoms with Gasteiger partial charge >= 0.3 is 0 Å². The van der Waals surface area contributed by atoms with Crippen LogP contribution in [0.4, 0.5) is 0 Å². The second kappa shape index (κ2) is 6.80. The number of rotatable bonds is 5. The van der Waals surface area contributed by atoms with E-state index >= 15 is 0 Å². The first-order valence-corrected chi connectivity index (χ1v) is 8.84. The lowest BCUT2D eigenvalue weighted by molar-refractivity contribution is 0.0775. The molecule has 1 fully saturated rings. The number of hydrogen-bond acceptors (Lipinski definition) is 5. The summed E-state index contributed by atoms with van der Waals surface area (Å²) in [6, 6.07) is 4.49. The van der Waals surface area contributed by atoms with Gasteiger partial charge < -0.3 is 9.80 Å². The van der Waals surface area contributed by atoms with Gasteiger partial charge in [0.2, 0.25) is 0 Å². The summed E-state index contributed by atoms with van der Waals surface area (Å²) in [6.07, 6.45) is 2.84. The molecule has 0 bridgehead atoms. The third kappa shape index (κ3) is 3.45. The minimum atomic E-state index is -0.00905. The number of aromatic nitrogens is 3. The Kier molecular flexibility index (Phi) is 4.77. The van der Waals surface area contributed by atoms with Gasteiger partial charge in [0.05, 0.1) is 12.7 Å². The van der Waals surface area contributed by atoms with E-state index in [1.165, 1.54) is 4.88 Å². The van der Waals surface area contributed by atoms with Crippen LogP contribution in [0.1, 0.15) is 28.7 Å². The second-order valence-corrected chi connectivity index (χ2v) is 7.32. The molecule has 2 aromatic rings. The van der Waals surface area contributed by atoms with Crippen LogP contribution in [0, 0.1) is 5.92 Å². The van der Waals surface area contributed by atoms with Crippen molar-refractivity contribution in [1.82, 2.24) is 24.8 Å². The van der Waals surface area contributed by atoms with Gasteiger partial charge in [-0.1, -0.05) is 24.6 Å². The highest BCUT2D eigenvalue weighted by Gasteiger charge is 2.36. The van der Waals surface area contributed by atoms with E-state index in [9.17, 15) is 4.79 Å². The van der Waals surface area contributed by atoms with Crippen molar-refractivity contribution in [2.45, 2.75) is 25.9 Å². The lowest BCUT2D eigenvalue weighted by Crippen LogP contribution is -2.36. The highest BCUT2D eigenvalue weighted by molar-refractivity contribution is 7.09. The van der Waals surface area contributed by atoms with Crippen LogP contribution in [-0.2, 0) is 6.54 Å². The Morgan fingerprint density at radius 1 is 1.43 bits per heavy atom. The van der Waals surface area contributed by atoms with Crippen LogP contribution in [0.3, 0.4) is 0 Å². The van der Waals surface area contributed by atoms with Crippen LogP contribution in [0.5, 0.6) is 0 Å². The smallest absolute Gasteiger partial charge is 0.276 e. The molecule has 3 rings (SSSR count). The van der Waals surface area contributed by atoms with Crippen molar-refractivity contribution in [2.24, 2.45) is 5.92 Å². The van der Waals surface area contributed by atoms with Crippen molar-refractivity contribution in [3.8, 4) is 0 Å². The highest BCUT2D eigenvalue weighted by atomic mass is 32.1. The topological polar surface area (TPSA) is 54.3 Å². The van der Waals surface area contributed by atoms with E-state index in [1.807, 2.05) is 16.3 Å². The third-order valence-corrected chi connectivity index (χ3v) is 5.40. The highest BCUT2D eigenvalue weighted by Crippen LogP contribution is 2.24. The van der Waals surface area contributed by atoms with Crippen LogP contribution in [0.15, 0.2) is 23.7 Å². The fourth-order valence-corrected chi connectivity index (χ4v) is 3.90. The number of carbonyl (C=O) groups is 1. The Morgan fingerprint density at radius 3 is 2.87 bits per heavy atom. The van der Waals surface area contributed by atoms with E-state index in [4.69, 9.17) is 0 Å². The Labute approximate surface area is 140 Å². The number of nitrogens with zero attached hydrogens (tertiary/aromatic N) is 5. The van der Waals surface area contributed by atoms with Crippen LogP contribution in [0.2, 0.25) is 0 Å². The molecule has 0 saturated carbocycles. The average Bonchev–Trinajstić information content (AvgIpc) is 3.27. The van der Waals surface area contributed by atoms with Crippen molar-refractivity contribution in [2.75, 3.05) is 27.2 Å². The summed E-state index contributed by atoms with van der Waals surface area (Å²) in [5, 5.41) is 10.2. The average molecular weight is 333 g/mol. The van der Waals surface area contributed by atoms with E-state index in [0.717, 1.165) is 19.5 Å². The predicted molar refractivity (Wildman–Crippen MR) is 90.6 cm³/mol. The maximum atomic E-state index is 12.7. The SMILES string of the molecule is CCC1CN(C(=O)c2cn(Cc3cccs3)nn2)CC1N(C)C. The summed E-state index contributed by atoms with van der Waals surface area (Å²) in [5.74, 6) is 0.514. The number of likely N-dealkylation sites (N-methyl/N-ethyl adjacent to an activating group) is 1. The first-order chi connectivity index (χ1) is 11.1. The molecule has 0 spiro atoms. The standard InChI is InChI=1S/C16H23N5OS/c1-4-12-8-20(11-15(12)19(2)3)16(22)14-10-21(18-17-14)9-13-6-5-7-23-13/h5-7,10,12,15H,4,8-9,11H2,1-3H3. The Hall–Kier alpha value is -1.73. The number of hydrogen-bond donors (Lipinski definition) is 0. The summed E-state index contributed by atoms with van der Waals surface area (Å²) in [7, 11) is 4.16. The number of likely N-dealkylation sites (tertiary alicyclic amines) is 1. The summed E-state index contributed by atoms with van der Waals surface area (Å²) in [6.45, 7) is 4.42. The predicted octanol–water partition coefficient (Wildman–Crippen LogP) is 1.80. The van der Waals surface area contributed by atoms with E-state index in [0.29, 0.717) is 24.2 Å². The largest absolute Gasteiger partial charge is 0.335 e. The Morgan fingerprint density at radius 2 is 2.26 bits per heavy atom. The molecule has 7 heteroatoms. The lowest BCUT2D eigenvalue weighted by Gasteiger charge is -2.23. The Bertz CT molecular complexity index is 651. The van der Waals surface area contributed by atoms with Gasteiger partial charge in [-0.05, 0) is 31.5 Å². The van der Waals surface area contributed by atoms with Crippen LogP contribution in [-0.4, -0.2) is 63.9 Å². The van der Waals surface area contributed by atoms with Gasteiger partial charge in [0.25, 0.3) is 5.91 Å². The minimum Gasteiger partial charge on any atom is -0.335 e. The van der Waals surface area contributed by atoms with E-state index < -0.39 is 0 Å². The molecular formula is C16H23N5OS. The van der Waals surface area contributed by atoms with Gasteiger partial charge in [-0.15, -0.1) is 16.4 Å². The monoisotopic (exact) mass is 333 g/mol. The second-order valence-electron chi connectivity index (χ2n) is 6.29. The first-order valence-electron chi connectivity index (χ1n) is 7.96. The molecule has 0 N–H and O–H groups in total. The van der Waals surface area contributed by atoms with Gasteiger partial charge in [-0.3, -0.25) is 4.79 Å². The molecule has 1 saturated heterocycles. The first kappa shape index (κ1) is 16.1. The van der Waals surface area contributed by atoms with Gasteiger partial charge in [0, 0.05) is 24.0 Å². The molecule has 23 heavy (non-hydrogen) atoms. The van der Waals surface area contributed by atoms with Gasteiger partial charge in [-0.2, -0.15) is 0 Å². The van der Waals surface area contributed by atoms with Crippen LogP contribution >= 0.6 is 11.3 Å². The van der Waals surface area contributed by atoms with Crippen molar-refractivity contribution < 1.29 is 4.79 Å². The zero-order chi connectivity index (χ0) is 16.4. The third-order valence-electron chi connectivity index (χ3n) is 4.54. The molecule has 0 aromatic carbocycles. The van der Waals surface area contributed by atoms with E-state index in [2.05, 4.69) is 42.3 Å². The molecule has 0 aliphatic carbocycles. The molecule has 2 unspecified atom stereocenters. The van der Waals surface area contributed by atoms with E-state index in [1.54, 1.807) is 22.2 Å². The van der Waals surface area contributed by atoms with Crippen LogP contribution in [0.25, 0.3) is 0 Å². The molecule has 1 aliphatic heterocycles. The number of thiophene rings is 1. The molecule has 124 valence electrons. The number of amides is 1. The van der Waals surface area contributed by atoms with Gasteiger partial charge in [-0.25, -0.2) is 4.68 Å². The van der Waals surface area contributed by atoms with Gasteiger partial charge in [0.15, 0.2) is 5.69 Å². The van der Waals surface area contributed by atoms with Crippen molar-refractivity contribution >= 4 is 17.2 Å². The number of carbonyl (C=O) groups excluding carboxylic acids is 1. The quantitative estimate of drug-likeness (QED) is 0.837. The summed E-state index contributed by atoms with van der Waals surface area (Å²) >= 11 is 1.68. The zero-order valence-electron chi connectivity index (χ0n) is 13.8. The molecule has 1 aliphatic rings. The van der Waals surface area contributed by atoms with Gasteiger partial charge in [0.1, 0.15) is 0 Å². The minimum absolute atomic E-state index is 0.00905.